The molecule has 0 aliphatic heterocycles. The zero-order valence-electron chi connectivity index (χ0n) is 13.8. The van der Waals surface area contributed by atoms with Crippen LogP contribution in [0.4, 0.5) is 13.2 Å². The molecule has 0 spiro atoms. The van der Waals surface area contributed by atoms with Crippen LogP contribution >= 0.6 is 11.6 Å². The molecular formula is C17H13ClF3N3O3. The van der Waals surface area contributed by atoms with E-state index in [2.05, 4.69) is 5.10 Å². The highest BCUT2D eigenvalue weighted by molar-refractivity contribution is 6.30. The third-order valence-electron chi connectivity index (χ3n) is 3.47. The van der Waals surface area contributed by atoms with E-state index >= 15 is 0 Å². The fourth-order valence-electron chi connectivity index (χ4n) is 2.10. The van der Waals surface area contributed by atoms with E-state index in [1.165, 1.54) is 49.1 Å². The monoisotopic (exact) mass is 399 g/mol. The fraction of sp³-hybridized carbons (Fsp3) is 0.118. The van der Waals surface area contributed by atoms with Gasteiger partial charge in [0.1, 0.15) is 0 Å². The van der Waals surface area contributed by atoms with E-state index in [4.69, 9.17) is 16.8 Å². The van der Waals surface area contributed by atoms with Crippen molar-refractivity contribution in [1.82, 2.24) is 10.5 Å². The first kappa shape index (κ1) is 20.4. The predicted octanol–water partition coefficient (Wildman–Crippen LogP) is 3.58. The van der Waals surface area contributed by atoms with Crippen LogP contribution in [0, 0.1) is 0 Å². The molecule has 2 rings (SSSR count). The summed E-state index contributed by atoms with van der Waals surface area (Å²) in [5.74, 6) is -1.67. The Morgan fingerprint density at radius 2 is 1.81 bits per heavy atom. The number of carbonyl (C=O) groups is 2. The Bertz CT molecular complexity index is 883. The highest BCUT2D eigenvalue weighted by Crippen LogP contribution is 2.34. The molecule has 0 fully saturated rings. The summed E-state index contributed by atoms with van der Waals surface area (Å²) in [6.07, 6.45) is -3.51. The summed E-state index contributed by atoms with van der Waals surface area (Å²) in [6.45, 7) is 0. The van der Waals surface area contributed by atoms with Gasteiger partial charge in [-0.3, -0.25) is 14.8 Å². The first-order valence-corrected chi connectivity index (χ1v) is 7.74. The highest BCUT2D eigenvalue weighted by Gasteiger charge is 2.36. The van der Waals surface area contributed by atoms with Crippen LogP contribution in [0.25, 0.3) is 0 Å². The molecule has 0 bridgehead atoms. The molecule has 0 atom stereocenters. The van der Waals surface area contributed by atoms with Crippen molar-refractivity contribution in [3.63, 3.8) is 0 Å². The number of nitrogens with zero attached hydrogens (tertiary/aromatic N) is 2. The molecule has 2 aromatic rings. The molecule has 0 saturated heterocycles. The maximum atomic E-state index is 13.1. The number of nitrogens with one attached hydrogen (secondary N) is 1. The standard InChI is InChI=1S/C17H13ClF3N3O3/c1-24(22-9-10-2-4-11(5-3-10)15(25)23-27)16(26)13-7-6-12(18)8-14(13)17(19,20)21/h2-9,27H,1H3,(H,23,25)/b22-9+. The number of rotatable bonds is 4. The Morgan fingerprint density at radius 1 is 1.19 bits per heavy atom. The molecule has 0 aliphatic carbocycles. The van der Waals surface area contributed by atoms with Gasteiger partial charge in [0.05, 0.1) is 17.3 Å². The summed E-state index contributed by atoms with van der Waals surface area (Å²) >= 11 is 5.60. The Hall–Kier alpha value is -2.91. The zero-order valence-corrected chi connectivity index (χ0v) is 14.5. The van der Waals surface area contributed by atoms with Crippen molar-refractivity contribution in [2.75, 3.05) is 7.05 Å². The van der Waals surface area contributed by atoms with Crippen LogP contribution in [0.2, 0.25) is 5.02 Å². The first-order valence-electron chi connectivity index (χ1n) is 7.36. The smallest absolute Gasteiger partial charge is 0.288 e. The Kier molecular flexibility index (Phi) is 6.19. The topological polar surface area (TPSA) is 82.0 Å². The third-order valence-corrected chi connectivity index (χ3v) is 3.70. The van der Waals surface area contributed by atoms with Crippen LogP contribution in [0.3, 0.4) is 0 Å². The second-order valence-electron chi connectivity index (χ2n) is 5.32. The number of amides is 2. The predicted molar refractivity (Wildman–Crippen MR) is 91.8 cm³/mol. The van der Waals surface area contributed by atoms with Crippen LogP contribution in [-0.2, 0) is 6.18 Å². The molecule has 0 saturated carbocycles. The minimum atomic E-state index is -4.75. The lowest BCUT2D eigenvalue weighted by Gasteiger charge is -2.16. The van der Waals surface area contributed by atoms with Gasteiger partial charge in [0.15, 0.2) is 0 Å². The molecule has 0 unspecified atom stereocenters. The van der Waals surface area contributed by atoms with E-state index in [0.29, 0.717) is 11.6 Å². The summed E-state index contributed by atoms with van der Waals surface area (Å²) < 4.78 is 39.4. The van der Waals surface area contributed by atoms with Crippen LogP contribution in [-0.4, -0.2) is 35.3 Å². The van der Waals surface area contributed by atoms with E-state index in [-0.39, 0.29) is 10.6 Å². The van der Waals surface area contributed by atoms with Crippen LogP contribution < -0.4 is 5.48 Å². The maximum absolute atomic E-state index is 13.1. The third kappa shape index (κ3) is 5.05. The molecule has 142 valence electrons. The molecule has 2 aromatic carbocycles. The van der Waals surface area contributed by atoms with Crippen molar-refractivity contribution in [3.05, 3.63) is 69.7 Å². The van der Waals surface area contributed by atoms with Gasteiger partial charge in [-0.2, -0.15) is 18.3 Å². The maximum Gasteiger partial charge on any atom is 0.417 e. The van der Waals surface area contributed by atoms with Crippen LogP contribution in [0.15, 0.2) is 47.6 Å². The van der Waals surface area contributed by atoms with Crippen molar-refractivity contribution in [3.8, 4) is 0 Å². The Morgan fingerprint density at radius 3 is 2.37 bits per heavy atom. The highest BCUT2D eigenvalue weighted by atomic mass is 35.5. The van der Waals surface area contributed by atoms with Gasteiger partial charge in [0, 0.05) is 17.6 Å². The number of hydroxylamine groups is 1. The van der Waals surface area contributed by atoms with Crippen LogP contribution in [0.1, 0.15) is 31.8 Å². The normalized spacial score (nSPS) is 11.5. The molecule has 6 nitrogen and oxygen atoms in total. The number of hydrogen-bond acceptors (Lipinski definition) is 4. The number of benzene rings is 2. The molecule has 0 heterocycles. The van der Waals surface area contributed by atoms with Crippen molar-refractivity contribution < 1.29 is 28.0 Å². The van der Waals surface area contributed by atoms with Crippen molar-refractivity contribution in [1.29, 1.82) is 0 Å². The Balaban J connectivity index is 2.21. The zero-order chi connectivity index (χ0) is 20.2. The second kappa shape index (κ2) is 8.19. The molecule has 10 heteroatoms. The summed E-state index contributed by atoms with van der Waals surface area (Å²) in [5.41, 5.74) is 0.418. The number of hydrazone groups is 1. The van der Waals surface area contributed by atoms with Gasteiger partial charge < -0.3 is 0 Å². The minimum Gasteiger partial charge on any atom is -0.288 e. The summed E-state index contributed by atoms with van der Waals surface area (Å²) in [4.78, 5) is 23.5. The van der Waals surface area contributed by atoms with Gasteiger partial charge in [-0.15, -0.1) is 0 Å². The van der Waals surface area contributed by atoms with Gasteiger partial charge in [-0.1, -0.05) is 23.7 Å². The number of alkyl halides is 3. The summed E-state index contributed by atoms with van der Waals surface area (Å²) in [7, 11) is 1.21. The molecule has 0 radical (unpaired) electrons. The quantitative estimate of drug-likeness (QED) is 0.468. The fourth-order valence-corrected chi connectivity index (χ4v) is 2.27. The van der Waals surface area contributed by atoms with E-state index in [1.807, 2.05) is 0 Å². The van der Waals surface area contributed by atoms with Gasteiger partial charge in [0.2, 0.25) is 0 Å². The van der Waals surface area contributed by atoms with Gasteiger partial charge in [0.25, 0.3) is 11.8 Å². The van der Waals surface area contributed by atoms with Crippen LogP contribution in [0.5, 0.6) is 0 Å². The van der Waals surface area contributed by atoms with E-state index < -0.39 is 29.1 Å². The number of hydrogen-bond donors (Lipinski definition) is 2. The lowest BCUT2D eigenvalue weighted by molar-refractivity contribution is -0.138. The SMILES string of the molecule is CN(/N=C/c1ccc(C(=O)NO)cc1)C(=O)c1ccc(Cl)cc1C(F)(F)F. The molecule has 0 aliphatic rings. The minimum absolute atomic E-state index is 0.142. The van der Waals surface area contributed by atoms with Crippen molar-refractivity contribution >= 4 is 29.6 Å². The summed E-state index contributed by atoms with van der Waals surface area (Å²) in [5, 5.41) is 13.0. The summed E-state index contributed by atoms with van der Waals surface area (Å²) in [6, 6.07) is 8.61. The Labute approximate surface area is 156 Å². The molecular weight excluding hydrogens is 387 g/mol. The van der Waals surface area contributed by atoms with Gasteiger partial charge >= 0.3 is 6.18 Å². The van der Waals surface area contributed by atoms with Crippen molar-refractivity contribution in [2.24, 2.45) is 5.10 Å². The largest absolute Gasteiger partial charge is 0.417 e. The van der Waals surface area contributed by atoms with E-state index in [0.717, 1.165) is 11.1 Å². The molecule has 2 N–H and O–H groups in total. The van der Waals surface area contributed by atoms with E-state index in [9.17, 15) is 22.8 Å². The second-order valence-corrected chi connectivity index (χ2v) is 5.76. The molecule has 2 amide bonds. The number of halogens is 4. The van der Waals surface area contributed by atoms with Crippen molar-refractivity contribution in [2.45, 2.75) is 6.18 Å². The molecule has 0 aromatic heterocycles. The lowest BCUT2D eigenvalue weighted by Crippen LogP contribution is -2.24. The van der Waals surface area contributed by atoms with Gasteiger partial charge in [-0.05, 0) is 35.9 Å². The first-order chi connectivity index (χ1) is 12.6. The number of carbonyl (C=O) groups excluding carboxylic acids is 2. The van der Waals surface area contributed by atoms with Gasteiger partial charge in [-0.25, -0.2) is 10.5 Å². The average molecular weight is 400 g/mol. The average Bonchev–Trinajstić information content (AvgIpc) is 2.64. The lowest BCUT2D eigenvalue weighted by atomic mass is 10.1. The van der Waals surface area contributed by atoms with E-state index in [1.54, 1.807) is 0 Å². The molecule has 27 heavy (non-hydrogen) atoms.